The minimum absolute atomic E-state index is 0.0193. The van der Waals surface area contributed by atoms with Crippen LogP contribution in [0.4, 0.5) is 15.8 Å². The lowest BCUT2D eigenvalue weighted by Gasteiger charge is -2.17. The predicted octanol–water partition coefficient (Wildman–Crippen LogP) is 2.70. The van der Waals surface area contributed by atoms with Crippen molar-refractivity contribution in [3.05, 3.63) is 58.8 Å². The van der Waals surface area contributed by atoms with Gasteiger partial charge >= 0.3 is 0 Å². The predicted molar refractivity (Wildman–Crippen MR) is 103 cm³/mol. The summed E-state index contributed by atoms with van der Waals surface area (Å²) < 4.78 is 14.8. The molecule has 1 heterocycles. The first-order valence-electron chi connectivity index (χ1n) is 8.32. The maximum Gasteiger partial charge on any atom is 0.243 e. The van der Waals surface area contributed by atoms with Crippen molar-refractivity contribution < 1.29 is 18.8 Å². The number of carbonyl (C=O) groups is 3. The lowest BCUT2D eigenvalue weighted by Crippen LogP contribution is -2.38. The minimum Gasteiger partial charge on any atom is -0.347 e. The molecular formula is C19H17BrFN3O3. The third-order valence-electron chi connectivity index (χ3n) is 4.19. The molecule has 2 aromatic rings. The second kappa shape index (κ2) is 8.30. The Labute approximate surface area is 163 Å². The largest absolute Gasteiger partial charge is 0.347 e. The summed E-state index contributed by atoms with van der Waals surface area (Å²) in [6, 6.07) is 13.0. The molecule has 2 N–H and O–H groups in total. The number of hydrogen-bond donors (Lipinski definition) is 2. The fraction of sp³-hybridized carbons (Fsp3) is 0.211. The summed E-state index contributed by atoms with van der Waals surface area (Å²) in [4.78, 5) is 37.6. The van der Waals surface area contributed by atoms with Crippen molar-refractivity contribution >= 4 is 45.0 Å². The van der Waals surface area contributed by atoms with Crippen molar-refractivity contribution in [3.8, 4) is 0 Å². The number of nitrogens with one attached hydrogen (secondary N) is 2. The highest BCUT2D eigenvalue weighted by Gasteiger charge is 2.36. The van der Waals surface area contributed by atoms with E-state index in [9.17, 15) is 18.8 Å². The van der Waals surface area contributed by atoms with Crippen molar-refractivity contribution in [3.63, 3.8) is 0 Å². The maximum absolute atomic E-state index is 13.9. The van der Waals surface area contributed by atoms with Gasteiger partial charge in [0, 0.05) is 23.1 Å². The summed E-state index contributed by atoms with van der Waals surface area (Å²) in [6.45, 7) is -0.126. The van der Waals surface area contributed by atoms with E-state index in [1.165, 1.54) is 23.1 Å². The molecule has 1 saturated heterocycles. The summed E-state index contributed by atoms with van der Waals surface area (Å²) in [5.74, 6) is -2.24. The maximum atomic E-state index is 13.9. The standard InChI is InChI=1S/C19H17BrFN3O3/c20-13-5-7-14(8-6-13)23-17(25)10-22-19(27)12-9-18(26)24(11-12)16-4-2-1-3-15(16)21/h1-8,12H,9-11H2,(H,22,27)(H,23,25). The first-order valence-corrected chi connectivity index (χ1v) is 9.11. The average Bonchev–Trinajstić information content (AvgIpc) is 3.04. The Kier molecular flexibility index (Phi) is 5.85. The van der Waals surface area contributed by atoms with E-state index in [4.69, 9.17) is 0 Å². The Morgan fingerprint density at radius 3 is 2.56 bits per heavy atom. The molecule has 6 nitrogen and oxygen atoms in total. The van der Waals surface area contributed by atoms with Gasteiger partial charge in [0.2, 0.25) is 17.7 Å². The zero-order valence-corrected chi connectivity index (χ0v) is 15.8. The van der Waals surface area contributed by atoms with Gasteiger partial charge in [-0.25, -0.2) is 4.39 Å². The molecule has 1 aliphatic rings. The number of carbonyl (C=O) groups excluding carboxylic acids is 3. The van der Waals surface area contributed by atoms with E-state index in [-0.39, 0.29) is 37.0 Å². The number of nitrogens with zero attached hydrogens (tertiary/aromatic N) is 1. The van der Waals surface area contributed by atoms with Crippen molar-refractivity contribution in [2.24, 2.45) is 5.92 Å². The molecule has 1 atom stereocenters. The van der Waals surface area contributed by atoms with E-state index >= 15 is 0 Å². The lowest BCUT2D eigenvalue weighted by molar-refractivity contribution is -0.127. The van der Waals surface area contributed by atoms with E-state index in [0.717, 1.165) is 4.47 Å². The van der Waals surface area contributed by atoms with E-state index in [2.05, 4.69) is 26.6 Å². The molecule has 0 radical (unpaired) electrons. The first-order chi connectivity index (χ1) is 12.9. The highest BCUT2D eigenvalue weighted by atomic mass is 79.9. The van der Waals surface area contributed by atoms with Crippen LogP contribution in [0.1, 0.15) is 6.42 Å². The highest BCUT2D eigenvalue weighted by molar-refractivity contribution is 9.10. The van der Waals surface area contributed by atoms with Crippen LogP contribution in [0.2, 0.25) is 0 Å². The van der Waals surface area contributed by atoms with Crippen LogP contribution in [0.3, 0.4) is 0 Å². The molecule has 0 aliphatic carbocycles. The van der Waals surface area contributed by atoms with E-state index in [1.54, 1.807) is 30.3 Å². The number of amides is 3. The second-order valence-electron chi connectivity index (χ2n) is 6.13. The third-order valence-corrected chi connectivity index (χ3v) is 4.72. The van der Waals surface area contributed by atoms with Crippen LogP contribution < -0.4 is 15.5 Å². The van der Waals surface area contributed by atoms with E-state index < -0.39 is 17.6 Å². The van der Waals surface area contributed by atoms with Crippen LogP contribution in [-0.2, 0) is 14.4 Å². The van der Waals surface area contributed by atoms with Crippen LogP contribution in [-0.4, -0.2) is 30.8 Å². The number of hydrogen-bond acceptors (Lipinski definition) is 3. The van der Waals surface area contributed by atoms with Crippen molar-refractivity contribution in [2.75, 3.05) is 23.3 Å². The Morgan fingerprint density at radius 2 is 1.85 bits per heavy atom. The van der Waals surface area contributed by atoms with Crippen molar-refractivity contribution in [1.82, 2.24) is 5.32 Å². The van der Waals surface area contributed by atoms with Gasteiger partial charge in [0.15, 0.2) is 0 Å². The van der Waals surface area contributed by atoms with E-state index in [0.29, 0.717) is 5.69 Å². The number of rotatable bonds is 5. The number of anilines is 2. The smallest absolute Gasteiger partial charge is 0.243 e. The molecule has 1 aliphatic heterocycles. The van der Waals surface area contributed by atoms with Gasteiger partial charge in [-0.2, -0.15) is 0 Å². The van der Waals surface area contributed by atoms with Crippen LogP contribution in [0.25, 0.3) is 0 Å². The topological polar surface area (TPSA) is 78.5 Å². The summed E-state index contributed by atoms with van der Waals surface area (Å²) >= 11 is 3.31. The zero-order chi connectivity index (χ0) is 19.4. The summed E-state index contributed by atoms with van der Waals surface area (Å²) in [6.07, 6.45) is -0.0193. The summed E-state index contributed by atoms with van der Waals surface area (Å²) in [7, 11) is 0. The molecule has 1 unspecified atom stereocenters. The van der Waals surface area contributed by atoms with Gasteiger partial charge in [0.1, 0.15) is 5.82 Å². The lowest BCUT2D eigenvalue weighted by atomic mass is 10.1. The third kappa shape index (κ3) is 4.71. The molecule has 1 fully saturated rings. The van der Waals surface area contributed by atoms with E-state index in [1.807, 2.05) is 0 Å². The number of benzene rings is 2. The molecule has 0 aromatic heterocycles. The quantitative estimate of drug-likeness (QED) is 0.760. The van der Waals surface area contributed by atoms with Gasteiger partial charge in [-0.3, -0.25) is 14.4 Å². The molecule has 3 amide bonds. The fourth-order valence-corrected chi connectivity index (χ4v) is 3.10. The van der Waals surface area contributed by atoms with Crippen LogP contribution in [0, 0.1) is 11.7 Å². The van der Waals surface area contributed by atoms with Gasteiger partial charge in [-0.05, 0) is 36.4 Å². The fourth-order valence-electron chi connectivity index (χ4n) is 2.84. The SMILES string of the molecule is O=C(CNC(=O)C1CC(=O)N(c2ccccc2F)C1)Nc1ccc(Br)cc1. The van der Waals surface area contributed by atoms with Crippen LogP contribution in [0.15, 0.2) is 53.0 Å². The normalized spacial score (nSPS) is 16.3. The van der Waals surface area contributed by atoms with Crippen molar-refractivity contribution in [1.29, 1.82) is 0 Å². The van der Waals surface area contributed by atoms with Gasteiger partial charge in [0.25, 0.3) is 0 Å². The first kappa shape index (κ1) is 19.0. The Balaban J connectivity index is 1.53. The molecule has 0 saturated carbocycles. The number of para-hydroxylation sites is 1. The summed E-state index contributed by atoms with van der Waals surface area (Å²) in [5, 5.41) is 5.19. The van der Waals surface area contributed by atoms with Gasteiger partial charge in [-0.1, -0.05) is 28.1 Å². The molecule has 0 spiro atoms. The Hall–Kier alpha value is -2.74. The molecular weight excluding hydrogens is 417 g/mol. The molecule has 8 heteroatoms. The van der Waals surface area contributed by atoms with Crippen LogP contribution >= 0.6 is 15.9 Å². The minimum atomic E-state index is -0.627. The average molecular weight is 434 g/mol. The second-order valence-corrected chi connectivity index (χ2v) is 7.05. The molecule has 2 aromatic carbocycles. The van der Waals surface area contributed by atoms with Crippen LogP contribution in [0.5, 0.6) is 0 Å². The van der Waals surface area contributed by atoms with Crippen molar-refractivity contribution in [2.45, 2.75) is 6.42 Å². The Morgan fingerprint density at radius 1 is 1.15 bits per heavy atom. The molecule has 0 bridgehead atoms. The van der Waals surface area contributed by atoms with Gasteiger partial charge in [0.05, 0.1) is 18.2 Å². The Bertz CT molecular complexity index is 873. The molecule has 3 rings (SSSR count). The highest BCUT2D eigenvalue weighted by Crippen LogP contribution is 2.27. The monoisotopic (exact) mass is 433 g/mol. The van der Waals surface area contributed by atoms with Gasteiger partial charge in [-0.15, -0.1) is 0 Å². The zero-order valence-electron chi connectivity index (χ0n) is 14.2. The summed E-state index contributed by atoms with van der Waals surface area (Å²) in [5.41, 5.74) is 0.769. The number of halogens is 2. The van der Waals surface area contributed by atoms with Gasteiger partial charge < -0.3 is 15.5 Å². The molecule has 140 valence electrons. The molecule has 27 heavy (non-hydrogen) atoms.